The fourth-order valence-corrected chi connectivity index (χ4v) is 3.50. The molecule has 10 heteroatoms. The molecule has 1 aliphatic rings. The average Bonchev–Trinajstić information content (AvgIpc) is 2.69. The van der Waals surface area contributed by atoms with Gasteiger partial charge in [0.05, 0.1) is 11.1 Å². The van der Waals surface area contributed by atoms with Gasteiger partial charge in [0.15, 0.2) is 11.8 Å². The number of H-pyrrole nitrogens is 1. The van der Waals surface area contributed by atoms with Gasteiger partial charge in [-0.25, -0.2) is 4.79 Å². The molecule has 0 spiro atoms. The summed E-state index contributed by atoms with van der Waals surface area (Å²) in [5, 5.41) is 2.47. The predicted octanol–water partition coefficient (Wildman–Crippen LogP) is 3.79. The smallest absolute Gasteiger partial charge is 0.328 e. The molecule has 0 saturated heterocycles. The zero-order valence-corrected chi connectivity index (χ0v) is 16.4. The van der Waals surface area contributed by atoms with E-state index in [2.05, 4.69) is 10.3 Å². The predicted molar refractivity (Wildman–Crippen MR) is 106 cm³/mol. The van der Waals surface area contributed by atoms with Crippen LogP contribution in [0.1, 0.15) is 18.5 Å². The van der Waals surface area contributed by atoms with E-state index in [0.717, 1.165) is 12.3 Å². The first-order valence-electron chi connectivity index (χ1n) is 8.97. The van der Waals surface area contributed by atoms with E-state index in [1.807, 2.05) is 0 Å². The molecular formula is C20H17ClF3N3O3. The van der Waals surface area contributed by atoms with Crippen molar-refractivity contribution in [3.63, 3.8) is 0 Å². The van der Waals surface area contributed by atoms with Gasteiger partial charge in [0.2, 0.25) is 0 Å². The number of alkyl halides is 3. The lowest BCUT2D eigenvalue weighted by Gasteiger charge is -2.34. The zero-order valence-electron chi connectivity index (χ0n) is 15.7. The molecule has 2 unspecified atom stereocenters. The van der Waals surface area contributed by atoms with Gasteiger partial charge in [-0.3, -0.25) is 9.59 Å². The third-order valence-corrected chi connectivity index (χ3v) is 4.98. The number of allylic oxidation sites excluding steroid dienone is 2. The summed E-state index contributed by atoms with van der Waals surface area (Å²) < 4.78 is 42.4. The van der Waals surface area contributed by atoms with E-state index in [0.29, 0.717) is 4.90 Å². The Morgan fingerprint density at radius 3 is 2.53 bits per heavy atom. The Hall–Kier alpha value is -3.07. The van der Waals surface area contributed by atoms with Crippen molar-refractivity contribution >= 4 is 34.2 Å². The second-order valence-corrected chi connectivity index (χ2v) is 6.97. The van der Waals surface area contributed by atoms with Crippen LogP contribution in [0.4, 0.5) is 18.0 Å². The number of hydrogen-bond donors (Lipinski definition) is 2. The quantitative estimate of drug-likeness (QED) is 0.760. The number of nitrogens with zero attached hydrogens (tertiary/aromatic N) is 1. The van der Waals surface area contributed by atoms with E-state index < -0.39 is 35.6 Å². The molecule has 1 aromatic heterocycles. The molecule has 6 nitrogen and oxygen atoms in total. The monoisotopic (exact) mass is 439 g/mol. The van der Waals surface area contributed by atoms with Crippen LogP contribution in [0.5, 0.6) is 0 Å². The van der Waals surface area contributed by atoms with Crippen molar-refractivity contribution in [3.05, 3.63) is 69.6 Å². The molecule has 2 N–H and O–H groups in total. The van der Waals surface area contributed by atoms with E-state index in [1.165, 1.54) is 37.3 Å². The molecular weight excluding hydrogens is 423 g/mol. The van der Waals surface area contributed by atoms with Crippen molar-refractivity contribution in [1.82, 2.24) is 15.2 Å². The lowest BCUT2D eigenvalue weighted by molar-refractivity contribution is -0.178. The molecule has 0 bridgehead atoms. The van der Waals surface area contributed by atoms with Gasteiger partial charge in [-0.2, -0.15) is 13.2 Å². The van der Waals surface area contributed by atoms with Crippen LogP contribution in [0, 0.1) is 0 Å². The summed E-state index contributed by atoms with van der Waals surface area (Å²) in [6, 6.07) is 1.74. The van der Waals surface area contributed by atoms with Crippen LogP contribution in [-0.4, -0.2) is 40.5 Å². The normalized spacial score (nSPS) is 17.6. The highest BCUT2D eigenvalue weighted by Gasteiger charge is 2.47. The minimum Gasteiger partial charge on any atom is -0.328 e. The number of pyridine rings is 1. The lowest BCUT2D eigenvalue weighted by atomic mass is 9.99. The molecule has 1 aliphatic carbocycles. The van der Waals surface area contributed by atoms with Gasteiger partial charge >= 0.3 is 12.2 Å². The molecule has 3 rings (SSSR count). The number of amides is 2. The summed E-state index contributed by atoms with van der Waals surface area (Å²) in [5.41, 5.74) is -0.780. The fraction of sp³-hybridized carbons (Fsp3) is 0.250. The van der Waals surface area contributed by atoms with Gasteiger partial charge in [-0.05, 0) is 30.5 Å². The number of halogens is 4. The van der Waals surface area contributed by atoms with Crippen molar-refractivity contribution in [3.8, 4) is 0 Å². The van der Waals surface area contributed by atoms with Crippen LogP contribution in [0.25, 0.3) is 10.8 Å². The Balaban J connectivity index is 2.02. The highest BCUT2D eigenvalue weighted by molar-refractivity contribution is 6.44. The minimum absolute atomic E-state index is 0.0872. The largest absolute Gasteiger partial charge is 0.413 e. The Morgan fingerprint density at radius 1 is 1.27 bits per heavy atom. The van der Waals surface area contributed by atoms with E-state index in [4.69, 9.17) is 11.6 Å². The van der Waals surface area contributed by atoms with E-state index in [9.17, 15) is 27.6 Å². The van der Waals surface area contributed by atoms with Crippen molar-refractivity contribution in [2.75, 3.05) is 6.54 Å². The second-order valence-electron chi connectivity index (χ2n) is 6.56. The first-order chi connectivity index (χ1) is 14.1. The van der Waals surface area contributed by atoms with Crippen LogP contribution in [-0.2, 0) is 4.79 Å². The third kappa shape index (κ3) is 4.25. The Morgan fingerprint density at radius 2 is 1.93 bits per heavy atom. The number of fused-ring (bicyclic) bond motifs is 1. The number of aromatic nitrogens is 1. The molecule has 158 valence electrons. The van der Waals surface area contributed by atoms with Gasteiger partial charge < -0.3 is 15.2 Å². The van der Waals surface area contributed by atoms with Crippen molar-refractivity contribution < 1.29 is 22.8 Å². The summed E-state index contributed by atoms with van der Waals surface area (Å²) in [6.45, 7) is 1.14. The molecule has 1 heterocycles. The molecule has 0 fully saturated rings. The first kappa shape index (κ1) is 21.6. The van der Waals surface area contributed by atoms with E-state index in [1.54, 1.807) is 6.07 Å². The van der Waals surface area contributed by atoms with Gasteiger partial charge in [-0.1, -0.05) is 35.9 Å². The maximum absolute atomic E-state index is 14.1. The van der Waals surface area contributed by atoms with Crippen LogP contribution in [0.15, 0.2) is 58.5 Å². The number of carbonyl (C=O) groups is 2. The van der Waals surface area contributed by atoms with Crippen LogP contribution in [0.3, 0.4) is 0 Å². The van der Waals surface area contributed by atoms with Crippen molar-refractivity contribution in [2.24, 2.45) is 0 Å². The molecule has 2 atom stereocenters. The summed E-state index contributed by atoms with van der Waals surface area (Å²) in [6.07, 6.45) is -0.124. The molecule has 0 aliphatic heterocycles. The summed E-state index contributed by atoms with van der Waals surface area (Å²) >= 11 is 5.75. The van der Waals surface area contributed by atoms with Gasteiger partial charge in [-0.15, -0.1) is 0 Å². The first-order valence-corrected chi connectivity index (χ1v) is 9.35. The van der Waals surface area contributed by atoms with E-state index in [-0.39, 0.29) is 27.9 Å². The topological polar surface area (TPSA) is 82.3 Å². The number of carbonyl (C=O) groups excluding carboxylic acids is 2. The second kappa shape index (κ2) is 8.35. The molecule has 2 aromatic rings. The van der Waals surface area contributed by atoms with Crippen LogP contribution in [0.2, 0.25) is 0 Å². The Kier molecular flexibility index (Phi) is 6.02. The number of benzene rings is 1. The van der Waals surface area contributed by atoms with Gasteiger partial charge in [0, 0.05) is 23.7 Å². The fourth-order valence-electron chi connectivity index (χ4n) is 3.30. The highest BCUT2D eigenvalue weighted by atomic mass is 35.5. The standard InChI is InChI=1S/C20H17ClF3N3O3/c1-2-27(19(30)26-11-7-8-16(28)15(21)9-11)17(20(22,23)24)14-10-25-18(29)13-6-4-3-5-12(13)14/h3-11,17H,2H2,1H3,(H,25,29)(H,26,30). The minimum atomic E-state index is -4.82. The number of aromatic amines is 1. The average molecular weight is 440 g/mol. The maximum Gasteiger partial charge on any atom is 0.413 e. The van der Waals surface area contributed by atoms with Crippen molar-refractivity contribution in [2.45, 2.75) is 25.2 Å². The summed E-state index contributed by atoms with van der Waals surface area (Å²) in [5.74, 6) is -0.456. The van der Waals surface area contributed by atoms with E-state index >= 15 is 0 Å². The highest BCUT2D eigenvalue weighted by Crippen LogP contribution is 2.39. The third-order valence-electron chi connectivity index (χ3n) is 4.67. The molecule has 2 amide bonds. The molecule has 0 saturated carbocycles. The zero-order chi connectivity index (χ0) is 22.1. The maximum atomic E-state index is 14.1. The lowest BCUT2D eigenvalue weighted by Crippen LogP contribution is -2.49. The Bertz CT molecular complexity index is 1110. The summed E-state index contributed by atoms with van der Waals surface area (Å²) in [7, 11) is 0. The number of rotatable bonds is 4. The molecule has 30 heavy (non-hydrogen) atoms. The number of ketones is 1. The number of hydrogen-bond acceptors (Lipinski definition) is 3. The van der Waals surface area contributed by atoms with Gasteiger partial charge in [0.1, 0.15) is 0 Å². The molecule has 1 aromatic carbocycles. The number of urea groups is 1. The van der Waals surface area contributed by atoms with Crippen molar-refractivity contribution in [1.29, 1.82) is 0 Å². The number of nitrogens with one attached hydrogen (secondary N) is 2. The SMILES string of the molecule is CCN(C(=O)NC1C=CC(=O)C(Cl)=C1)C(c1c[nH]c(=O)c2ccccc12)C(F)(F)F. The van der Waals surface area contributed by atoms with Crippen LogP contribution < -0.4 is 10.9 Å². The van der Waals surface area contributed by atoms with Crippen LogP contribution >= 0.6 is 11.6 Å². The Labute approximate surface area is 174 Å². The molecule has 0 radical (unpaired) electrons. The van der Waals surface area contributed by atoms with Gasteiger partial charge in [0.25, 0.3) is 5.56 Å². The summed E-state index contributed by atoms with van der Waals surface area (Å²) in [4.78, 5) is 39.1.